The second-order valence-corrected chi connectivity index (χ2v) is 7.67. The predicted molar refractivity (Wildman–Crippen MR) is 107 cm³/mol. The first-order valence-electron chi connectivity index (χ1n) is 8.36. The third kappa shape index (κ3) is 3.86. The Morgan fingerprint density at radius 1 is 1.19 bits per heavy atom. The van der Waals surface area contributed by atoms with Crippen molar-refractivity contribution in [3.8, 4) is 11.3 Å². The molecule has 1 aromatic heterocycles. The van der Waals surface area contributed by atoms with Gasteiger partial charge in [-0.3, -0.25) is 4.79 Å². The minimum absolute atomic E-state index is 0.254. The van der Waals surface area contributed by atoms with Gasteiger partial charge >= 0.3 is 0 Å². The van der Waals surface area contributed by atoms with Crippen molar-refractivity contribution in [3.05, 3.63) is 74.1 Å². The van der Waals surface area contributed by atoms with Crippen LogP contribution in [-0.4, -0.2) is 10.5 Å². The highest BCUT2D eigenvalue weighted by Crippen LogP contribution is 2.27. The van der Waals surface area contributed by atoms with E-state index in [1.807, 2.05) is 23.6 Å². The number of aromatic nitrogens is 1. The number of aryl methyl sites for hydroxylation is 1. The van der Waals surface area contributed by atoms with E-state index in [0.717, 1.165) is 22.2 Å². The fraction of sp³-hybridized carbons (Fsp3) is 0.200. The number of carbonyl (C=O) groups excluding carboxylic acids is 1. The van der Waals surface area contributed by atoms with Gasteiger partial charge in [-0.15, -0.1) is 11.3 Å². The van der Waals surface area contributed by atoms with Gasteiger partial charge in [0, 0.05) is 21.5 Å². The van der Waals surface area contributed by atoms with Crippen LogP contribution < -0.4 is 4.80 Å². The predicted octanol–water partition coefficient (Wildman–Crippen LogP) is 5.44. The smallest absolute Gasteiger partial charge is 0.279 e. The Bertz CT molecular complexity index is 1010. The van der Waals surface area contributed by atoms with Crippen LogP contribution in [0.5, 0.6) is 0 Å². The SMILES string of the molecule is CCc1sc(=NC(=O)c2cccc(F)c2)n(CC)c1-c1ccc(Br)cc1. The van der Waals surface area contributed by atoms with Crippen molar-refractivity contribution in [1.82, 2.24) is 4.57 Å². The average Bonchev–Trinajstić information content (AvgIpc) is 2.99. The molecule has 0 saturated heterocycles. The molecular weight excluding hydrogens is 415 g/mol. The van der Waals surface area contributed by atoms with Crippen LogP contribution in [0.1, 0.15) is 29.1 Å². The molecule has 0 spiro atoms. The maximum atomic E-state index is 13.4. The van der Waals surface area contributed by atoms with Gasteiger partial charge in [-0.25, -0.2) is 4.39 Å². The zero-order chi connectivity index (χ0) is 18.7. The molecule has 0 N–H and O–H groups in total. The maximum absolute atomic E-state index is 13.4. The van der Waals surface area contributed by atoms with Crippen LogP contribution in [0, 0.1) is 5.82 Å². The summed E-state index contributed by atoms with van der Waals surface area (Å²) in [6.07, 6.45) is 0.847. The van der Waals surface area contributed by atoms with Crippen molar-refractivity contribution in [2.45, 2.75) is 26.8 Å². The molecular formula is C20H18BrFN2OS. The number of halogens is 2. The van der Waals surface area contributed by atoms with Crippen molar-refractivity contribution in [1.29, 1.82) is 0 Å². The minimum atomic E-state index is -0.439. The molecule has 6 heteroatoms. The van der Waals surface area contributed by atoms with E-state index in [1.165, 1.54) is 34.4 Å². The molecule has 0 aliphatic carbocycles. The third-order valence-corrected chi connectivity index (χ3v) is 5.75. The lowest BCUT2D eigenvalue weighted by Gasteiger charge is -2.08. The zero-order valence-corrected chi connectivity index (χ0v) is 16.9. The number of thiazole rings is 1. The van der Waals surface area contributed by atoms with Crippen LogP contribution in [0.3, 0.4) is 0 Å². The summed E-state index contributed by atoms with van der Waals surface area (Å²) < 4.78 is 16.5. The van der Waals surface area contributed by atoms with Gasteiger partial charge in [-0.1, -0.05) is 41.1 Å². The van der Waals surface area contributed by atoms with Crippen LogP contribution in [0.2, 0.25) is 0 Å². The quantitative estimate of drug-likeness (QED) is 0.540. The topological polar surface area (TPSA) is 34.4 Å². The summed E-state index contributed by atoms with van der Waals surface area (Å²) >= 11 is 4.97. The molecule has 0 radical (unpaired) electrons. The van der Waals surface area contributed by atoms with Crippen molar-refractivity contribution >= 4 is 33.2 Å². The normalized spacial score (nSPS) is 11.8. The summed E-state index contributed by atoms with van der Waals surface area (Å²) in [4.78, 5) is 18.6. The summed E-state index contributed by atoms with van der Waals surface area (Å²) in [6, 6.07) is 13.7. The van der Waals surface area contributed by atoms with E-state index < -0.39 is 11.7 Å². The summed E-state index contributed by atoms with van der Waals surface area (Å²) in [6.45, 7) is 4.81. The summed E-state index contributed by atoms with van der Waals surface area (Å²) in [5.41, 5.74) is 2.42. The largest absolute Gasteiger partial charge is 0.316 e. The van der Waals surface area contributed by atoms with E-state index in [1.54, 1.807) is 6.07 Å². The van der Waals surface area contributed by atoms with Gasteiger partial charge in [0.05, 0.1) is 5.69 Å². The van der Waals surface area contributed by atoms with Crippen LogP contribution in [0.15, 0.2) is 58.0 Å². The Kier molecular flexibility index (Phi) is 5.84. The van der Waals surface area contributed by atoms with E-state index in [-0.39, 0.29) is 5.56 Å². The molecule has 0 aliphatic heterocycles. The van der Waals surface area contributed by atoms with Crippen molar-refractivity contribution in [2.24, 2.45) is 4.99 Å². The van der Waals surface area contributed by atoms with E-state index in [9.17, 15) is 9.18 Å². The fourth-order valence-corrected chi connectivity index (χ4v) is 4.19. The van der Waals surface area contributed by atoms with Crippen molar-refractivity contribution in [2.75, 3.05) is 0 Å². The molecule has 0 fully saturated rings. The lowest BCUT2D eigenvalue weighted by Crippen LogP contribution is -2.17. The van der Waals surface area contributed by atoms with E-state index in [2.05, 4.69) is 40.0 Å². The first-order chi connectivity index (χ1) is 12.5. The number of rotatable bonds is 4. The zero-order valence-electron chi connectivity index (χ0n) is 14.5. The first-order valence-corrected chi connectivity index (χ1v) is 9.97. The van der Waals surface area contributed by atoms with E-state index in [4.69, 9.17) is 0 Å². The molecule has 134 valence electrons. The number of nitrogens with zero attached hydrogens (tertiary/aromatic N) is 2. The molecule has 0 aliphatic rings. The second-order valence-electron chi connectivity index (χ2n) is 5.69. The Hall–Kier alpha value is -2.05. The summed E-state index contributed by atoms with van der Waals surface area (Å²) in [5, 5.41) is 0. The van der Waals surface area contributed by atoms with Crippen LogP contribution in [-0.2, 0) is 13.0 Å². The highest BCUT2D eigenvalue weighted by atomic mass is 79.9. The van der Waals surface area contributed by atoms with Crippen LogP contribution >= 0.6 is 27.3 Å². The molecule has 3 rings (SSSR count). The number of hydrogen-bond donors (Lipinski definition) is 0. The Morgan fingerprint density at radius 2 is 1.92 bits per heavy atom. The number of benzene rings is 2. The lowest BCUT2D eigenvalue weighted by atomic mass is 10.1. The lowest BCUT2D eigenvalue weighted by molar-refractivity contribution is 0.0997. The van der Waals surface area contributed by atoms with Crippen molar-refractivity contribution in [3.63, 3.8) is 0 Å². The summed E-state index contributed by atoms with van der Waals surface area (Å²) in [7, 11) is 0. The Labute approximate surface area is 164 Å². The molecule has 3 aromatic rings. The molecule has 0 unspecified atom stereocenters. The molecule has 0 atom stereocenters. The molecule has 2 aromatic carbocycles. The monoisotopic (exact) mass is 432 g/mol. The highest BCUT2D eigenvalue weighted by molar-refractivity contribution is 9.10. The number of amides is 1. The molecule has 1 amide bonds. The molecule has 0 bridgehead atoms. The van der Waals surface area contributed by atoms with Gasteiger partial charge in [0.25, 0.3) is 5.91 Å². The van der Waals surface area contributed by atoms with Crippen LogP contribution in [0.25, 0.3) is 11.3 Å². The first kappa shape index (κ1) is 18.7. The van der Waals surface area contributed by atoms with E-state index >= 15 is 0 Å². The molecule has 26 heavy (non-hydrogen) atoms. The Balaban J connectivity index is 2.13. The number of hydrogen-bond acceptors (Lipinski definition) is 2. The highest BCUT2D eigenvalue weighted by Gasteiger charge is 2.15. The van der Waals surface area contributed by atoms with Gasteiger partial charge in [-0.2, -0.15) is 4.99 Å². The van der Waals surface area contributed by atoms with Gasteiger partial charge in [-0.05, 0) is 49.2 Å². The van der Waals surface area contributed by atoms with E-state index in [0.29, 0.717) is 11.3 Å². The minimum Gasteiger partial charge on any atom is -0.316 e. The standard InChI is InChI=1S/C20H18BrFN2OS/c1-3-17-18(13-8-10-15(21)11-9-13)24(4-2)20(26-17)23-19(25)14-6-5-7-16(22)12-14/h5-12H,3-4H2,1-2H3. The maximum Gasteiger partial charge on any atom is 0.279 e. The fourth-order valence-electron chi connectivity index (χ4n) is 2.77. The number of carbonyl (C=O) groups is 1. The van der Waals surface area contributed by atoms with Gasteiger partial charge < -0.3 is 4.57 Å². The third-order valence-electron chi connectivity index (χ3n) is 4.00. The van der Waals surface area contributed by atoms with Crippen LogP contribution in [0.4, 0.5) is 4.39 Å². The van der Waals surface area contributed by atoms with Gasteiger partial charge in [0.2, 0.25) is 0 Å². The molecule has 1 heterocycles. The molecule has 0 saturated carbocycles. The Morgan fingerprint density at radius 3 is 2.54 bits per heavy atom. The van der Waals surface area contributed by atoms with Gasteiger partial charge in [0.15, 0.2) is 4.80 Å². The van der Waals surface area contributed by atoms with Crippen molar-refractivity contribution < 1.29 is 9.18 Å². The summed E-state index contributed by atoms with van der Waals surface area (Å²) in [5.74, 6) is -0.872. The van der Waals surface area contributed by atoms with Gasteiger partial charge in [0.1, 0.15) is 5.82 Å². The second kappa shape index (κ2) is 8.10. The average molecular weight is 433 g/mol. The molecule has 3 nitrogen and oxygen atoms in total.